The summed E-state index contributed by atoms with van der Waals surface area (Å²) in [6.07, 6.45) is 0.580. The molecule has 0 saturated carbocycles. The van der Waals surface area contributed by atoms with Gasteiger partial charge in [0.25, 0.3) is 0 Å². The zero-order chi connectivity index (χ0) is 12.6. The van der Waals surface area contributed by atoms with Crippen LogP contribution in [0.25, 0.3) is 10.9 Å². The molecule has 88 valence electrons. The molecule has 0 aliphatic carbocycles. The predicted molar refractivity (Wildman–Crippen MR) is 62.8 cm³/mol. The molecule has 0 amide bonds. The maximum absolute atomic E-state index is 13.6. The van der Waals surface area contributed by atoms with Crippen LogP contribution in [0.1, 0.15) is 28.5 Å². The summed E-state index contributed by atoms with van der Waals surface area (Å²) in [5, 5.41) is 9.58. The van der Waals surface area contributed by atoms with Gasteiger partial charge in [-0.3, -0.25) is 0 Å². The van der Waals surface area contributed by atoms with E-state index in [-0.39, 0.29) is 11.1 Å². The largest absolute Gasteiger partial charge is 0.478 e. The lowest BCUT2D eigenvalue weighted by molar-refractivity contribution is 0.0698. The van der Waals surface area contributed by atoms with Crippen LogP contribution in [0.2, 0.25) is 0 Å². The number of carboxylic acid groups (broad SMARTS) is 1. The highest BCUT2D eigenvalue weighted by atomic mass is 19.1. The molecule has 17 heavy (non-hydrogen) atoms. The van der Waals surface area contributed by atoms with E-state index in [0.29, 0.717) is 23.1 Å². The molecule has 0 saturated heterocycles. The molecule has 3 nitrogen and oxygen atoms in total. The fourth-order valence-corrected chi connectivity index (χ4v) is 2.02. The Balaban J connectivity index is 2.97. The first kappa shape index (κ1) is 11.5. The second-order valence-electron chi connectivity index (χ2n) is 3.85. The van der Waals surface area contributed by atoms with Crippen molar-refractivity contribution >= 4 is 16.9 Å². The van der Waals surface area contributed by atoms with E-state index >= 15 is 0 Å². The van der Waals surface area contributed by atoms with Gasteiger partial charge in [0.2, 0.25) is 0 Å². The number of hydrogen-bond acceptors (Lipinski definition) is 2. The van der Waals surface area contributed by atoms with Gasteiger partial charge in [-0.05, 0) is 25.0 Å². The molecular formula is C13H12FNO2. The fourth-order valence-electron chi connectivity index (χ4n) is 2.02. The maximum atomic E-state index is 13.6. The Morgan fingerprint density at radius 3 is 2.76 bits per heavy atom. The molecule has 0 spiro atoms. The van der Waals surface area contributed by atoms with Crippen molar-refractivity contribution in [3.05, 3.63) is 40.8 Å². The van der Waals surface area contributed by atoms with Crippen LogP contribution >= 0.6 is 0 Å². The zero-order valence-corrected chi connectivity index (χ0v) is 9.62. The molecule has 0 unspecified atom stereocenters. The van der Waals surface area contributed by atoms with Gasteiger partial charge in [0.15, 0.2) is 0 Å². The Kier molecular flexibility index (Phi) is 2.79. The number of aromatic nitrogens is 1. The number of para-hydroxylation sites is 1. The van der Waals surface area contributed by atoms with Crippen LogP contribution < -0.4 is 0 Å². The van der Waals surface area contributed by atoms with Crippen LogP contribution in [0.3, 0.4) is 0 Å². The third-order valence-electron chi connectivity index (χ3n) is 2.86. The van der Waals surface area contributed by atoms with Gasteiger partial charge in [0, 0.05) is 11.1 Å². The number of pyridine rings is 1. The molecule has 0 atom stereocenters. The number of aryl methyl sites for hydroxylation is 1. The zero-order valence-electron chi connectivity index (χ0n) is 9.62. The maximum Gasteiger partial charge on any atom is 0.336 e. The van der Waals surface area contributed by atoms with E-state index in [1.165, 1.54) is 12.1 Å². The Bertz CT molecular complexity index is 608. The number of carboxylic acids is 1. The summed E-state index contributed by atoms with van der Waals surface area (Å²) < 4.78 is 13.6. The van der Waals surface area contributed by atoms with Gasteiger partial charge in [-0.2, -0.15) is 0 Å². The number of hydrogen-bond donors (Lipinski definition) is 1. The summed E-state index contributed by atoms with van der Waals surface area (Å²) in [6, 6.07) is 4.37. The first-order valence-corrected chi connectivity index (χ1v) is 5.37. The number of halogens is 1. The summed E-state index contributed by atoms with van der Waals surface area (Å²) in [5.41, 5.74) is 1.51. The van der Waals surface area contributed by atoms with Gasteiger partial charge in [0.1, 0.15) is 11.3 Å². The molecular weight excluding hydrogens is 221 g/mol. The summed E-state index contributed by atoms with van der Waals surface area (Å²) in [4.78, 5) is 15.5. The Labute approximate surface area is 97.9 Å². The van der Waals surface area contributed by atoms with Gasteiger partial charge in [0.05, 0.1) is 5.56 Å². The quantitative estimate of drug-likeness (QED) is 0.867. The van der Waals surface area contributed by atoms with Crippen LogP contribution in [0.5, 0.6) is 0 Å². The van der Waals surface area contributed by atoms with Crippen LogP contribution in [0.4, 0.5) is 4.39 Å². The molecule has 1 aromatic carbocycles. The summed E-state index contributed by atoms with van der Waals surface area (Å²) >= 11 is 0. The van der Waals surface area contributed by atoms with Crippen molar-refractivity contribution in [3.8, 4) is 0 Å². The average molecular weight is 233 g/mol. The standard InChI is InChI=1S/C13H12FNO2/c1-3-10-7(2)11(13(16)17)8-5-4-6-9(14)12(8)15-10/h4-6H,3H2,1-2H3,(H,16,17). The monoisotopic (exact) mass is 233 g/mol. The lowest BCUT2D eigenvalue weighted by Gasteiger charge is -2.10. The molecule has 0 aliphatic heterocycles. The molecule has 1 aromatic heterocycles. The summed E-state index contributed by atoms with van der Waals surface area (Å²) in [5.74, 6) is -1.53. The van der Waals surface area contributed by atoms with Crippen molar-refractivity contribution in [2.75, 3.05) is 0 Å². The Hall–Kier alpha value is -1.97. The summed E-state index contributed by atoms with van der Waals surface area (Å²) in [6.45, 7) is 3.58. The van der Waals surface area contributed by atoms with Crippen LogP contribution in [-0.2, 0) is 6.42 Å². The SMILES string of the molecule is CCc1nc2c(F)cccc2c(C(=O)O)c1C. The lowest BCUT2D eigenvalue weighted by Crippen LogP contribution is -2.07. The number of benzene rings is 1. The molecule has 0 fully saturated rings. The van der Waals surface area contributed by atoms with E-state index < -0.39 is 11.8 Å². The third-order valence-corrected chi connectivity index (χ3v) is 2.86. The van der Waals surface area contributed by atoms with Crippen molar-refractivity contribution in [1.29, 1.82) is 0 Å². The number of aromatic carboxylic acids is 1. The minimum Gasteiger partial charge on any atom is -0.478 e. The van der Waals surface area contributed by atoms with E-state index in [1.54, 1.807) is 13.0 Å². The van der Waals surface area contributed by atoms with Gasteiger partial charge in [-0.1, -0.05) is 19.1 Å². The molecule has 2 rings (SSSR count). The first-order chi connectivity index (χ1) is 8.06. The van der Waals surface area contributed by atoms with Crippen LogP contribution in [-0.4, -0.2) is 16.1 Å². The molecule has 2 aromatic rings. The fraction of sp³-hybridized carbons (Fsp3) is 0.231. The second-order valence-corrected chi connectivity index (χ2v) is 3.85. The van der Waals surface area contributed by atoms with Crippen LogP contribution in [0.15, 0.2) is 18.2 Å². The van der Waals surface area contributed by atoms with Crippen LogP contribution in [0, 0.1) is 12.7 Å². The van der Waals surface area contributed by atoms with Crippen molar-refractivity contribution < 1.29 is 14.3 Å². The molecule has 1 heterocycles. The van der Waals surface area contributed by atoms with Gasteiger partial charge < -0.3 is 5.11 Å². The second kappa shape index (κ2) is 4.13. The number of nitrogens with zero attached hydrogens (tertiary/aromatic N) is 1. The minimum absolute atomic E-state index is 0.132. The predicted octanol–water partition coefficient (Wildman–Crippen LogP) is 2.94. The lowest BCUT2D eigenvalue weighted by atomic mass is 10.0. The molecule has 4 heteroatoms. The van der Waals surface area contributed by atoms with Crippen molar-refractivity contribution in [2.45, 2.75) is 20.3 Å². The van der Waals surface area contributed by atoms with E-state index in [1.807, 2.05) is 6.92 Å². The molecule has 1 N–H and O–H groups in total. The van der Waals surface area contributed by atoms with Crippen molar-refractivity contribution in [1.82, 2.24) is 4.98 Å². The van der Waals surface area contributed by atoms with E-state index in [2.05, 4.69) is 4.98 Å². The number of carbonyl (C=O) groups is 1. The molecule has 0 aliphatic rings. The topological polar surface area (TPSA) is 50.2 Å². The normalized spacial score (nSPS) is 10.8. The van der Waals surface area contributed by atoms with Gasteiger partial charge in [-0.15, -0.1) is 0 Å². The Morgan fingerprint density at radius 2 is 2.18 bits per heavy atom. The third kappa shape index (κ3) is 1.75. The average Bonchev–Trinajstić information content (AvgIpc) is 2.28. The molecule has 0 bridgehead atoms. The van der Waals surface area contributed by atoms with Crippen molar-refractivity contribution in [3.63, 3.8) is 0 Å². The molecule has 0 radical (unpaired) electrons. The smallest absolute Gasteiger partial charge is 0.336 e. The van der Waals surface area contributed by atoms with E-state index in [0.717, 1.165) is 0 Å². The van der Waals surface area contributed by atoms with Gasteiger partial charge in [-0.25, -0.2) is 14.2 Å². The first-order valence-electron chi connectivity index (χ1n) is 5.37. The minimum atomic E-state index is -1.05. The number of rotatable bonds is 2. The van der Waals surface area contributed by atoms with Crippen molar-refractivity contribution in [2.24, 2.45) is 0 Å². The van der Waals surface area contributed by atoms with E-state index in [4.69, 9.17) is 0 Å². The highest BCUT2D eigenvalue weighted by Gasteiger charge is 2.17. The highest BCUT2D eigenvalue weighted by Crippen LogP contribution is 2.25. The van der Waals surface area contributed by atoms with E-state index in [9.17, 15) is 14.3 Å². The highest BCUT2D eigenvalue weighted by molar-refractivity contribution is 6.04. The Morgan fingerprint density at radius 1 is 1.47 bits per heavy atom. The number of fused-ring (bicyclic) bond motifs is 1. The van der Waals surface area contributed by atoms with Gasteiger partial charge >= 0.3 is 5.97 Å². The summed E-state index contributed by atoms with van der Waals surface area (Å²) in [7, 11) is 0.